The Kier molecular flexibility index (Phi) is 3.84. The molecule has 2 rings (SSSR count). The van der Waals surface area contributed by atoms with Crippen molar-refractivity contribution in [3.63, 3.8) is 0 Å². The molecule has 0 aromatic heterocycles. The predicted molar refractivity (Wildman–Crippen MR) is 69.5 cm³/mol. The van der Waals surface area contributed by atoms with Crippen LogP contribution in [0.4, 0.5) is 5.69 Å². The molecule has 0 atom stereocenters. The number of anilines is 1. The van der Waals surface area contributed by atoms with Crippen molar-refractivity contribution in [3.05, 3.63) is 28.2 Å². The van der Waals surface area contributed by atoms with Crippen LogP contribution in [0.25, 0.3) is 0 Å². The van der Waals surface area contributed by atoms with Gasteiger partial charge in [-0.1, -0.05) is 22.0 Å². The number of rotatable bonds is 4. The highest BCUT2D eigenvalue weighted by Gasteiger charge is 2.26. The van der Waals surface area contributed by atoms with Crippen LogP contribution in [0.2, 0.25) is 0 Å². The van der Waals surface area contributed by atoms with E-state index < -0.39 is 0 Å². The van der Waals surface area contributed by atoms with E-state index in [1.165, 1.54) is 5.56 Å². The van der Waals surface area contributed by atoms with Gasteiger partial charge < -0.3 is 15.8 Å². The van der Waals surface area contributed by atoms with Crippen molar-refractivity contribution in [3.8, 4) is 0 Å². The highest BCUT2D eigenvalue weighted by atomic mass is 79.9. The Hall–Kier alpha value is -0.580. The molecule has 0 spiro atoms. The van der Waals surface area contributed by atoms with Gasteiger partial charge in [0.15, 0.2) is 0 Å². The molecule has 1 fully saturated rings. The Labute approximate surface area is 104 Å². The van der Waals surface area contributed by atoms with Gasteiger partial charge in [-0.15, -0.1) is 0 Å². The van der Waals surface area contributed by atoms with E-state index in [2.05, 4.69) is 27.3 Å². The second kappa shape index (κ2) is 5.17. The smallest absolute Gasteiger partial charge is 0.0744 e. The monoisotopic (exact) mass is 284 g/mol. The molecule has 1 aliphatic carbocycles. The zero-order valence-electron chi connectivity index (χ0n) is 9.37. The number of hydrogen-bond donors (Lipinski definition) is 2. The number of halogens is 1. The van der Waals surface area contributed by atoms with Gasteiger partial charge in [0.2, 0.25) is 0 Å². The van der Waals surface area contributed by atoms with Crippen molar-refractivity contribution in [2.75, 3.05) is 12.4 Å². The summed E-state index contributed by atoms with van der Waals surface area (Å²) in [6, 6.07) is 7.04. The fourth-order valence-corrected chi connectivity index (χ4v) is 2.47. The van der Waals surface area contributed by atoms with E-state index in [1.54, 1.807) is 7.11 Å². The first kappa shape index (κ1) is 11.9. The molecular formula is C12H17BrN2O. The van der Waals surface area contributed by atoms with Crippen molar-refractivity contribution < 1.29 is 4.74 Å². The number of hydrogen-bond acceptors (Lipinski definition) is 3. The van der Waals surface area contributed by atoms with E-state index in [0.29, 0.717) is 18.7 Å². The molecule has 0 radical (unpaired) electrons. The maximum absolute atomic E-state index is 5.78. The summed E-state index contributed by atoms with van der Waals surface area (Å²) in [5.74, 6) is 0. The van der Waals surface area contributed by atoms with Crippen LogP contribution in [0, 0.1) is 0 Å². The van der Waals surface area contributed by atoms with E-state index in [4.69, 9.17) is 10.5 Å². The second-order valence-electron chi connectivity index (χ2n) is 4.27. The molecule has 0 unspecified atom stereocenters. The van der Waals surface area contributed by atoms with Crippen LogP contribution in [-0.4, -0.2) is 19.2 Å². The lowest BCUT2D eigenvalue weighted by molar-refractivity contribution is 0.184. The molecule has 0 heterocycles. The summed E-state index contributed by atoms with van der Waals surface area (Å²) in [4.78, 5) is 0. The lowest BCUT2D eigenvalue weighted by atomic mass is 9.87. The largest absolute Gasteiger partial charge is 0.382 e. The molecule has 1 saturated carbocycles. The third-order valence-corrected chi connectivity index (χ3v) is 3.68. The summed E-state index contributed by atoms with van der Waals surface area (Å²) >= 11 is 3.55. The van der Waals surface area contributed by atoms with Crippen molar-refractivity contribution in [1.29, 1.82) is 0 Å². The van der Waals surface area contributed by atoms with Gasteiger partial charge in [0.25, 0.3) is 0 Å². The van der Waals surface area contributed by atoms with Gasteiger partial charge in [-0.25, -0.2) is 0 Å². The minimum absolute atomic E-state index is 0.371. The van der Waals surface area contributed by atoms with Crippen LogP contribution in [0.3, 0.4) is 0 Å². The first-order chi connectivity index (χ1) is 7.70. The normalized spacial score (nSPS) is 23.9. The Morgan fingerprint density at radius 1 is 1.50 bits per heavy atom. The number of nitrogens with one attached hydrogen (secondary N) is 1. The van der Waals surface area contributed by atoms with Crippen LogP contribution in [-0.2, 0) is 11.3 Å². The number of ether oxygens (including phenoxy) is 1. The highest BCUT2D eigenvalue weighted by molar-refractivity contribution is 9.10. The van der Waals surface area contributed by atoms with Crippen molar-refractivity contribution in [1.82, 2.24) is 0 Å². The molecular weight excluding hydrogens is 268 g/mol. The summed E-state index contributed by atoms with van der Waals surface area (Å²) in [7, 11) is 1.71. The molecule has 1 aliphatic rings. The predicted octanol–water partition coefficient (Wildman–Crippen LogP) is 2.50. The minimum Gasteiger partial charge on any atom is -0.382 e. The van der Waals surface area contributed by atoms with Gasteiger partial charge in [0.05, 0.1) is 6.61 Å². The number of methoxy groups -OCH3 is 1. The van der Waals surface area contributed by atoms with Crippen LogP contribution < -0.4 is 11.1 Å². The number of benzene rings is 1. The summed E-state index contributed by atoms with van der Waals surface area (Å²) < 4.78 is 6.30. The molecule has 3 nitrogen and oxygen atoms in total. The quantitative estimate of drug-likeness (QED) is 0.893. The lowest BCUT2D eigenvalue weighted by Crippen LogP contribution is -2.44. The van der Waals surface area contributed by atoms with Crippen LogP contribution >= 0.6 is 15.9 Å². The average molecular weight is 285 g/mol. The molecule has 0 aliphatic heterocycles. The topological polar surface area (TPSA) is 47.3 Å². The molecule has 0 amide bonds. The van der Waals surface area contributed by atoms with Crippen molar-refractivity contribution in [2.45, 2.75) is 31.5 Å². The first-order valence-corrected chi connectivity index (χ1v) is 6.28. The molecule has 1 aromatic carbocycles. The van der Waals surface area contributed by atoms with Gasteiger partial charge >= 0.3 is 0 Å². The van der Waals surface area contributed by atoms with Crippen LogP contribution in [0.15, 0.2) is 22.7 Å². The maximum Gasteiger partial charge on any atom is 0.0744 e. The van der Waals surface area contributed by atoms with Crippen molar-refractivity contribution in [2.24, 2.45) is 5.73 Å². The Bertz CT molecular complexity index is 364. The lowest BCUT2D eigenvalue weighted by Gasteiger charge is -2.34. The van der Waals surface area contributed by atoms with Gasteiger partial charge in [-0.05, 0) is 25.0 Å². The molecule has 88 valence electrons. The fourth-order valence-electron chi connectivity index (χ4n) is 1.98. The fraction of sp³-hybridized carbons (Fsp3) is 0.500. The zero-order valence-corrected chi connectivity index (χ0v) is 11.0. The highest BCUT2D eigenvalue weighted by Crippen LogP contribution is 2.29. The van der Waals surface area contributed by atoms with E-state index >= 15 is 0 Å². The van der Waals surface area contributed by atoms with Crippen LogP contribution in [0.5, 0.6) is 0 Å². The number of nitrogens with two attached hydrogens (primary N) is 1. The Balaban J connectivity index is 2.09. The zero-order chi connectivity index (χ0) is 11.5. The van der Waals surface area contributed by atoms with Crippen molar-refractivity contribution >= 4 is 21.6 Å². The standard InChI is InChI=1S/C12H17BrN2O/c1-16-7-10-11(13)3-2-4-12(10)15-9-5-8(14)6-9/h2-4,8-9,15H,5-7,14H2,1H3. The third kappa shape index (κ3) is 2.56. The second-order valence-corrected chi connectivity index (χ2v) is 5.13. The molecule has 16 heavy (non-hydrogen) atoms. The Morgan fingerprint density at radius 2 is 2.25 bits per heavy atom. The molecule has 0 bridgehead atoms. The molecule has 3 N–H and O–H groups in total. The maximum atomic E-state index is 5.78. The summed E-state index contributed by atoms with van der Waals surface area (Å²) in [6.45, 7) is 0.614. The van der Waals surface area contributed by atoms with Gasteiger partial charge in [-0.2, -0.15) is 0 Å². The summed E-state index contributed by atoms with van der Waals surface area (Å²) in [5, 5.41) is 3.51. The van der Waals surface area contributed by atoms with Crippen LogP contribution in [0.1, 0.15) is 18.4 Å². The van der Waals surface area contributed by atoms with Gasteiger partial charge in [0, 0.05) is 34.9 Å². The van der Waals surface area contributed by atoms with E-state index in [1.807, 2.05) is 12.1 Å². The molecule has 1 aromatic rings. The minimum atomic E-state index is 0.371. The first-order valence-electron chi connectivity index (χ1n) is 5.49. The molecule has 4 heteroatoms. The van der Waals surface area contributed by atoms with E-state index in [9.17, 15) is 0 Å². The average Bonchev–Trinajstić information content (AvgIpc) is 2.21. The third-order valence-electron chi connectivity index (χ3n) is 2.94. The van der Waals surface area contributed by atoms with E-state index in [0.717, 1.165) is 23.0 Å². The SMILES string of the molecule is COCc1c(Br)cccc1NC1CC(N)C1. The molecule has 0 saturated heterocycles. The van der Waals surface area contributed by atoms with Gasteiger partial charge in [0.1, 0.15) is 0 Å². The summed E-state index contributed by atoms with van der Waals surface area (Å²) in [5.41, 5.74) is 8.09. The summed E-state index contributed by atoms with van der Waals surface area (Å²) in [6.07, 6.45) is 2.11. The Morgan fingerprint density at radius 3 is 2.88 bits per heavy atom. The van der Waals surface area contributed by atoms with Gasteiger partial charge in [-0.3, -0.25) is 0 Å². The van der Waals surface area contributed by atoms with E-state index in [-0.39, 0.29) is 0 Å².